The Bertz CT molecular complexity index is 587. The summed E-state index contributed by atoms with van der Waals surface area (Å²) >= 11 is 8.02. The summed E-state index contributed by atoms with van der Waals surface area (Å²) < 4.78 is 2.74. The SMILES string of the molecule is CSC1(Cn2c(CCl)nc3cc(C)ccc32)CC1. The van der Waals surface area contributed by atoms with Crippen molar-refractivity contribution in [3.8, 4) is 0 Å². The first-order valence-corrected chi connectivity index (χ1v) is 8.00. The van der Waals surface area contributed by atoms with Crippen LogP contribution in [0.1, 0.15) is 24.2 Å². The van der Waals surface area contributed by atoms with Gasteiger partial charge in [0.15, 0.2) is 0 Å². The summed E-state index contributed by atoms with van der Waals surface area (Å²) in [6, 6.07) is 6.46. The summed E-state index contributed by atoms with van der Waals surface area (Å²) in [5.74, 6) is 1.48. The molecular formula is C14H17ClN2S. The highest BCUT2D eigenvalue weighted by Crippen LogP contribution is 2.49. The number of rotatable bonds is 4. The molecule has 1 heterocycles. The number of imidazole rings is 1. The molecule has 96 valence electrons. The van der Waals surface area contributed by atoms with E-state index in [1.807, 2.05) is 11.8 Å². The van der Waals surface area contributed by atoms with E-state index < -0.39 is 0 Å². The van der Waals surface area contributed by atoms with E-state index in [-0.39, 0.29) is 0 Å². The van der Waals surface area contributed by atoms with E-state index in [0.717, 1.165) is 17.9 Å². The van der Waals surface area contributed by atoms with Gasteiger partial charge in [-0.15, -0.1) is 11.6 Å². The zero-order valence-corrected chi connectivity index (χ0v) is 12.3. The molecule has 0 atom stereocenters. The van der Waals surface area contributed by atoms with Gasteiger partial charge in [-0.3, -0.25) is 0 Å². The summed E-state index contributed by atoms with van der Waals surface area (Å²) in [5, 5.41) is 0. The molecule has 4 heteroatoms. The summed E-state index contributed by atoms with van der Waals surface area (Å²) in [7, 11) is 0. The molecule has 0 radical (unpaired) electrons. The minimum absolute atomic E-state index is 0.430. The van der Waals surface area contributed by atoms with Crippen LogP contribution in [0.3, 0.4) is 0 Å². The van der Waals surface area contributed by atoms with Crippen molar-refractivity contribution in [2.75, 3.05) is 6.26 Å². The van der Waals surface area contributed by atoms with Crippen LogP contribution in [0.25, 0.3) is 11.0 Å². The van der Waals surface area contributed by atoms with Crippen molar-refractivity contribution in [2.45, 2.75) is 36.9 Å². The second-order valence-corrected chi connectivity index (χ2v) is 6.67. The first-order chi connectivity index (χ1) is 8.67. The Morgan fingerprint density at radius 1 is 1.44 bits per heavy atom. The lowest BCUT2D eigenvalue weighted by Crippen LogP contribution is -2.15. The molecule has 2 aromatic rings. The van der Waals surface area contributed by atoms with Crippen LogP contribution in [0.4, 0.5) is 0 Å². The standard InChI is InChI=1S/C14H17ClN2S/c1-10-3-4-12-11(7-10)16-13(8-15)17(12)9-14(18-2)5-6-14/h3-4,7H,5-6,8-9H2,1-2H3. The molecule has 18 heavy (non-hydrogen) atoms. The Hall–Kier alpha value is -0.670. The van der Waals surface area contributed by atoms with Gasteiger partial charge in [0.1, 0.15) is 5.82 Å². The number of halogens is 1. The number of fused-ring (bicyclic) bond motifs is 1. The third kappa shape index (κ3) is 2.04. The summed E-state index contributed by atoms with van der Waals surface area (Å²) in [6.45, 7) is 3.14. The summed E-state index contributed by atoms with van der Waals surface area (Å²) in [4.78, 5) is 4.66. The number of benzene rings is 1. The number of hydrogen-bond donors (Lipinski definition) is 0. The van der Waals surface area contributed by atoms with E-state index in [9.17, 15) is 0 Å². The third-order valence-corrected chi connectivity index (χ3v) is 5.43. The lowest BCUT2D eigenvalue weighted by molar-refractivity contribution is 0.655. The van der Waals surface area contributed by atoms with Crippen molar-refractivity contribution < 1.29 is 0 Å². The van der Waals surface area contributed by atoms with Gasteiger partial charge in [0, 0.05) is 11.3 Å². The second kappa shape index (κ2) is 4.46. The average Bonchev–Trinajstić information content (AvgIpc) is 3.07. The van der Waals surface area contributed by atoms with Crippen molar-refractivity contribution in [1.82, 2.24) is 9.55 Å². The minimum Gasteiger partial charge on any atom is -0.326 e. The zero-order valence-electron chi connectivity index (χ0n) is 10.7. The maximum atomic E-state index is 6.05. The highest BCUT2D eigenvalue weighted by atomic mass is 35.5. The molecular weight excluding hydrogens is 264 g/mol. The van der Waals surface area contributed by atoms with Crippen LogP contribution in [0.5, 0.6) is 0 Å². The molecule has 1 saturated carbocycles. The topological polar surface area (TPSA) is 17.8 Å². The first kappa shape index (κ1) is 12.4. The highest BCUT2D eigenvalue weighted by Gasteiger charge is 2.42. The fourth-order valence-corrected chi connectivity index (χ4v) is 3.40. The largest absolute Gasteiger partial charge is 0.326 e. The second-order valence-electron chi connectivity index (χ2n) is 5.13. The molecule has 0 amide bonds. The van der Waals surface area contributed by atoms with E-state index in [4.69, 9.17) is 11.6 Å². The first-order valence-electron chi connectivity index (χ1n) is 6.24. The van der Waals surface area contributed by atoms with Gasteiger partial charge < -0.3 is 4.57 Å². The Kier molecular flexibility index (Phi) is 3.07. The van der Waals surface area contributed by atoms with Crippen molar-refractivity contribution in [3.63, 3.8) is 0 Å². The van der Waals surface area contributed by atoms with E-state index >= 15 is 0 Å². The van der Waals surface area contributed by atoms with Gasteiger partial charge in [-0.25, -0.2) is 4.98 Å². The van der Waals surface area contributed by atoms with Gasteiger partial charge in [0.2, 0.25) is 0 Å². The van der Waals surface area contributed by atoms with Gasteiger partial charge in [0.25, 0.3) is 0 Å². The molecule has 1 aliphatic carbocycles. The van der Waals surface area contributed by atoms with Crippen LogP contribution in [-0.4, -0.2) is 20.6 Å². The molecule has 2 nitrogen and oxygen atoms in total. The van der Waals surface area contributed by atoms with Gasteiger partial charge >= 0.3 is 0 Å². The Morgan fingerprint density at radius 3 is 2.83 bits per heavy atom. The Morgan fingerprint density at radius 2 is 2.22 bits per heavy atom. The highest BCUT2D eigenvalue weighted by molar-refractivity contribution is 8.00. The quantitative estimate of drug-likeness (QED) is 0.789. The fraction of sp³-hybridized carbons (Fsp3) is 0.500. The van der Waals surface area contributed by atoms with Crippen molar-refractivity contribution in [2.24, 2.45) is 0 Å². The smallest absolute Gasteiger partial charge is 0.124 e. The van der Waals surface area contributed by atoms with Gasteiger partial charge in [0.05, 0.1) is 16.9 Å². The maximum absolute atomic E-state index is 6.05. The van der Waals surface area contributed by atoms with Crippen molar-refractivity contribution in [3.05, 3.63) is 29.6 Å². The summed E-state index contributed by atoms with van der Waals surface area (Å²) in [6.07, 6.45) is 4.82. The van der Waals surface area contributed by atoms with E-state index in [0.29, 0.717) is 10.6 Å². The van der Waals surface area contributed by atoms with E-state index in [2.05, 4.69) is 40.9 Å². The van der Waals surface area contributed by atoms with Crippen LogP contribution < -0.4 is 0 Å². The normalized spacial score (nSPS) is 17.3. The predicted molar refractivity (Wildman–Crippen MR) is 79.5 cm³/mol. The van der Waals surface area contributed by atoms with Gasteiger partial charge in [-0.05, 0) is 43.7 Å². The fourth-order valence-electron chi connectivity index (χ4n) is 2.42. The molecule has 1 fully saturated rings. The number of aryl methyl sites for hydroxylation is 1. The number of hydrogen-bond acceptors (Lipinski definition) is 2. The molecule has 1 aromatic heterocycles. The summed E-state index contributed by atoms with van der Waals surface area (Å²) in [5.41, 5.74) is 3.54. The number of thioether (sulfide) groups is 1. The minimum atomic E-state index is 0.430. The number of alkyl halides is 1. The molecule has 0 aliphatic heterocycles. The van der Waals surface area contributed by atoms with Crippen LogP contribution in [0.2, 0.25) is 0 Å². The molecule has 0 bridgehead atoms. The lowest BCUT2D eigenvalue weighted by Gasteiger charge is -2.15. The molecule has 0 unspecified atom stereocenters. The molecule has 0 N–H and O–H groups in total. The van der Waals surface area contributed by atoms with Gasteiger partial charge in [-0.1, -0.05) is 6.07 Å². The number of nitrogens with zero attached hydrogens (tertiary/aromatic N) is 2. The zero-order chi connectivity index (χ0) is 12.8. The average molecular weight is 281 g/mol. The molecule has 0 saturated heterocycles. The van der Waals surface area contributed by atoms with Crippen LogP contribution in [-0.2, 0) is 12.4 Å². The lowest BCUT2D eigenvalue weighted by atomic mass is 10.2. The molecule has 1 aromatic carbocycles. The van der Waals surface area contributed by atoms with E-state index in [1.165, 1.54) is 23.9 Å². The van der Waals surface area contributed by atoms with Crippen molar-refractivity contribution >= 4 is 34.4 Å². The van der Waals surface area contributed by atoms with Crippen molar-refractivity contribution in [1.29, 1.82) is 0 Å². The van der Waals surface area contributed by atoms with E-state index in [1.54, 1.807) is 0 Å². The van der Waals surface area contributed by atoms with Crippen LogP contribution in [0.15, 0.2) is 18.2 Å². The van der Waals surface area contributed by atoms with Gasteiger partial charge in [-0.2, -0.15) is 11.8 Å². The number of aromatic nitrogens is 2. The molecule has 1 aliphatic rings. The van der Waals surface area contributed by atoms with Crippen LogP contribution >= 0.6 is 23.4 Å². The Labute approximate surface area is 117 Å². The molecule has 3 rings (SSSR count). The predicted octanol–water partition coefficient (Wildman–Crippen LogP) is 3.98. The monoisotopic (exact) mass is 280 g/mol. The molecule has 0 spiro atoms. The van der Waals surface area contributed by atoms with Crippen LogP contribution in [0, 0.1) is 6.92 Å². The maximum Gasteiger partial charge on any atom is 0.124 e. The Balaban J connectivity index is 2.08. The third-order valence-electron chi connectivity index (χ3n) is 3.79.